The van der Waals surface area contributed by atoms with E-state index in [9.17, 15) is 15.0 Å². The number of rotatable bonds is 4. The quantitative estimate of drug-likeness (QED) is 0.827. The number of carbonyl (C=O) groups is 1. The van der Waals surface area contributed by atoms with Crippen molar-refractivity contribution in [3.8, 4) is 17.2 Å². The highest BCUT2D eigenvalue weighted by Crippen LogP contribution is 2.25. The van der Waals surface area contributed by atoms with Crippen LogP contribution in [-0.2, 0) is 6.61 Å². The molecule has 0 saturated carbocycles. The van der Waals surface area contributed by atoms with Gasteiger partial charge in [0.1, 0.15) is 23.9 Å². The molecule has 0 aliphatic rings. The fraction of sp³-hybridized carbons (Fsp3) is 0.133. The SMILES string of the molecule is CC(=O)c1ccc(OCc2ccccc2O)cc1O. The molecule has 0 bridgehead atoms. The molecule has 0 radical (unpaired) electrons. The Morgan fingerprint density at radius 2 is 1.84 bits per heavy atom. The molecular weight excluding hydrogens is 244 g/mol. The highest BCUT2D eigenvalue weighted by atomic mass is 16.5. The second kappa shape index (κ2) is 5.44. The summed E-state index contributed by atoms with van der Waals surface area (Å²) in [5.41, 5.74) is 0.910. The maximum Gasteiger partial charge on any atom is 0.163 e. The third kappa shape index (κ3) is 3.04. The molecule has 2 N–H and O–H groups in total. The molecule has 0 aromatic heterocycles. The first-order valence-corrected chi connectivity index (χ1v) is 5.81. The summed E-state index contributed by atoms with van der Waals surface area (Å²) in [6.45, 7) is 1.57. The average molecular weight is 258 g/mol. The lowest BCUT2D eigenvalue weighted by Gasteiger charge is -2.09. The van der Waals surface area contributed by atoms with Crippen LogP contribution in [-0.4, -0.2) is 16.0 Å². The molecule has 0 aliphatic heterocycles. The van der Waals surface area contributed by atoms with Crippen LogP contribution in [0, 0.1) is 0 Å². The van der Waals surface area contributed by atoms with E-state index >= 15 is 0 Å². The number of hydrogen-bond donors (Lipinski definition) is 2. The van der Waals surface area contributed by atoms with Crippen LogP contribution in [0.5, 0.6) is 17.2 Å². The number of ketones is 1. The Balaban J connectivity index is 2.11. The molecule has 2 rings (SSSR count). The molecule has 4 heteroatoms. The van der Waals surface area contributed by atoms with Crippen LogP contribution in [0.2, 0.25) is 0 Å². The molecule has 0 unspecified atom stereocenters. The predicted molar refractivity (Wildman–Crippen MR) is 70.6 cm³/mol. The van der Waals surface area contributed by atoms with Crippen molar-refractivity contribution in [2.75, 3.05) is 0 Å². The zero-order chi connectivity index (χ0) is 13.8. The van der Waals surface area contributed by atoms with E-state index in [2.05, 4.69) is 0 Å². The number of phenolic OH excluding ortho intramolecular Hbond substituents is 2. The van der Waals surface area contributed by atoms with Crippen molar-refractivity contribution in [2.45, 2.75) is 13.5 Å². The molecule has 0 aliphatic carbocycles. The van der Waals surface area contributed by atoms with Gasteiger partial charge in [-0.1, -0.05) is 18.2 Å². The van der Waals surface area contributed by atoms with Crippen molar-refractivity contribution in [3.05, 3.63) is 53.6 Å². The molecule has 98 valence electrons. The Labute approximate surface area is 110 Å². The molecule has 0 amide bonds. The van der Waals surface area contributed by atoms with Crippen LogP contribution in [0.1, 0.15) is 22.8 Å². The van der Waals surface area contributed by atoms with E-state index in [0.29, 0.717) is 11.3 Å². The van der Waals surface area contributed by atoms with Gasteiger partial charge in [-0.2, -0.15) is 0 Å². The first kappa shape index (κ1) is 13.0. The van der Waals surface area contributed by atoms with Gasteiger partial charge < -0.3 is 14.9 Å². The van der Waals surface area contributed by atoms with Crippen LogP contribution < -0.4 is 4.74 Å². The zero-order valence-corrected chi connectivity index (χ0v) is 10.5. The summed E-state index contributed by atoms with van der Waals surface area (Å²) < 4.78 is 5.46. The summed E-state index contributed by atoms with van der Waals surface area (Å²) in [5.74, 6) is 0.282. The van der Waals surface area contributed by atoms with Crippen molar-refractivity contribution >= 4 is 5.78 Å². The van der Waals surface area contributed by atoms with Gasteiger partial charge >= 0.3 is 0 Å². The Kier molecular flexibility index (Phi) is 3.71. The van der Waals surface area contributed by atoms with Crippen LogP contribution in [0.4, 0.5) is 0 Å². The van der Waals surface area contributed by atoms with Gasteiger partial charge in [-0.15, -0.1) is 0 Å². The molecule has 4 nitrogen and oxygen atoms in total. The van der Waals surface area contributed by atoms with E-state index in [1.165, 1.54) is 19.1 Å². The summed E-state index contributed by atoms with van der Waals surface area (Å²) in [6, 6.07) is 11.4. The Hall–Kier alpha value is -2.49. The number of hydrogen-bond acceptors (Lipinski definition) is 4. The number of para-hydroxylation sites is 1. The molecule has 19 heavy (non-hydrogen) atoms. The number of Topliss-reactive ketones (excluding diaryl/α,β-unsaturated/α-hetero) is 1. The smallest absolute Gasteiger partial charge is 0.163 e. The summed E-state index contributed by atoms with van der Waals surface area (Å²) in [4.78, 5) is 11.2. The number of carbonyl (C=O) groups excluding carboxylic acids is 1. The Bertz CT molecular complexity index is 605. The van der Waals surface area contributed by atoms with Gasteiger partial charge in [0, 0.05) is 11.6 Å². The van der Waals surface area contributed by atoms with Crippen molar-refractivity contribution in [1.82, 2.24) is 0 Å². The van der Waals surface area contributed by atoms with Crippen LogP contribution in [0.15, 0.2) is 42.5 Å². The van der Waals surface area contributed by atoms with E-state index in [-0.39, 0.29) is 29.5 Å². The topological polar surface area (TPSA) is 66.8 Å². The third-order valence-corrected chi connectivity index (χ3v) is 2.73. The second-order valence-corrected chi connectivity index (χ2v) is 4.15. The maximum atomic E-state index is 11.2. The van der Waals surface area contributed by atoms with Crippen LogP contribution in [0.3, 0.4) is 0 Å². The largest absolute Gasteiger partial charge is 0.508 e. The number of phenols is 2. The standard InChI is InChI=1S/C15H14O4/c1-10(16)13-7-6-12(8-15(13)18)19-9-11-4-2-3-5-14(11)17/h2-8,17-18H,9H2,1H3. The van der Waals surface area contributed by atoms with Crippen molar-refractivity contribution < 1.29 is 19.7 Å². The van der Waals surface area contributed by atoms with Gasteiger partial charge in [0.25, 0.3) is 0 Å². The first-order chi connectivity index (χ1) is 9.08. The minimum atomic E-state index is -0.204. The Morgan fingerprint density at radius 1 is 1.11 bits per heavy atom. The van der Waals surface area contributed by atoms with E-state index in [0.717, 1.165) is 0 Å². The summed E-state index contributed by atoms with van der Waals surface area (Å²) in [6.07, 6.45) is 0. The van der Waals surface area contributed by atoms with E-state index in [1.54, 1.807) is 30.3 Å². The fourth-order valence-electron chi connectivity index (χ4n) is 1.69. The summed E-state index contributed by atoms with van der Waals surface area (Å²) in [7, 11) is 0. The molecule has 0 saturated heterocycles. The highest BCUT2D eigenvalue weighted by molar-refractivity contribution is 5.96. The first-order valence-electron chi connectivity index (χ1n) is 5.81. The van der Waals surface area contributed by atoms with Crippen molar-refractivity contribution in [2.24, 2.45) is 0 Å². The number of benzene rings is 2. The van der Waals surface area contributed by atoms with E-state index in [1.807, 2.05) is 0 Å². The normalized spacial score (nSPS) is 10.2. The van der Waals surface area contributed by atoms with Gasteiger partial charge in [-0.3, -0.25) is 4.79 Å². The van der Waals surface area contributed by atoms with Crippen molar-refractivity contribution in [1.29, 1.82) is 0 Å². The van der Waals surface area contributed by atoms with Gasteiger partial charge in [-0.05, 0) is 25.1 Å². The van der Waals surface area contributed by atoms with Crippen LogP contribution in [0.25, 0.3) is 0 Å². The van der Waals surface area contributed by atoms with Gasteiger partial charge in [0.15, 0.2) is 5.78 Å². The van der Waals surface area contributed by atoms with Gasteiger partial charge in [0.2, 0.25) is 0 Å². The monoisotopic (exact) mass is 258 g/mol. The molecule has 2 aromatic rings. The average Bonchev–Trinajstić information content (AvgIpc) is 2.37. The minimum absolute atomic E-state index is 0.109. The van der Waals surface area contributed by atoms with E-state index in [4.69, 9.17) is 4.74 Å². The molecule has 0 fully saturated rings. The summed E-state index contributed by atoms with van der Waals surface area (Å²) in [5, 5.41) is 19.2. The highest BCUT2D eigenvalue weighted by Gasteiger charge is 2.08. The lowest BCUT2D eigenvalue weighted by molar-refractivity contribution is 0.101. The Morgan fingerprint density at radius 3 is 2.47 bits per heavy atom. The minimum Gasteiger partial charge on any atom is -0.508 e. The molecule has 0 spiro atoms. The lowest BCUT2D eigenvalue weighted by Crippen LogP contribution is -1.97. The van der Waals surface area contributed by atoms with E-state index < -0.39 is 0 Å². The van der Waals surface area contributed by atoms with Crippen molar-refractivity contribution in [3.63, 3.8) is 0 Å². The molecule has 0 atom stereocenters. The molecule has 0 heterocycles. The predicted octanol–water partition coefficient (Wildman–Crippen LogP) is 2.88. The van der Waals surface area contributed by atoms with Gasteiger partial charge in [-0.25, -0.2) is 0 Å². The molecule has 2 aromatic carbocycles. The fourth-order valence-corrected chi connectivity index (χ4v) is 1.69. The lowest BCUT2D eigenvalue weighted by atomic mass is 10.1. The zero-order valence-electron chi connectivity index (χ0n) is 10.5. The van der Waals surface area contributed by atoms with Crippen LogP contribution >= 0.6 is 0 Å². The number of ether oxygens (including phenoxy) is 1. The van der Waals surface area contributed by atoms with Gasteiger partial charge in [0.05, 0.1) is 5.56 Å². The number of aromatic hydroxyl groups is 2. The second-order valence-electron chi connectivity index (χ2n) is 4.15. The molecular formula is C15H14O4. The maximum absolute atomic E-state index is 11.2. The summed E-state index contributed by atoms with van der Waals surface area (Å²) >= 11 is 0. The third-order valence-electron chi connectivity index (χ3n) is 2.73.